The molecule has 2 fully saturated rings. The van der Waals surface area contributed by atoms with E-state index in [0.717, 1.165) is 25.1 Å². The monoisotopic (exact) mass is 374 g/mol. The van der Waals surface area contributed by atoms with Crippen LogP contribution in [0.15, 0.2) is 54.6 Å². The maximum atomic E-state index is 12.8. The molecule has 2 heterocycles. The van der Waals surface area contributed by atoms with Crippen LogP contribution in [0, 0.1) is 5.92 Å². The van der Waals surface area contributed by atoms with Gasteiger partial charge in [0.2, 0.25) is 5.91 Å². The summed E-state index contributed by atoms with van der Waals surface area (Å²) < 4.78 is 0. The Morgan fingerprint density at radius 1 is 0.893 bits per heavy atom. The molecule has 0 spiro atoms. The van der Waals surface area contributed by atoms with Gasteiger partial charge in [-0.3, -0.25) is 9.69 Å². The van der Waals surface area contributed by atoms with Crippen LogP contribution >= 0.6 is 0 Å². The van der Waals surface area contributed by atoms with Gasteiger partial charge in [0, 0.05) is 25.2 Å². The van der Waals surface area contributed by atoms with E-state index >= 15 is 0 Å². The van der Waals surface area contributed by atoms with Gasteiger partial charge in [0.05, 0.1) is 6.42 Å². The summed E-state index contributed by atoms with van der Waals surface area (Å²) in [6.07, 6.45) is 6.63. The minimum Gasteiger partial charge on any atom is -0.342 e. The van der Waals surface area contributed by atoms with E-state index in [2.05, 4.69) is 46.2 Å². The Morgan fingerprint density at radius 2 is 1.61 bits per heavy atom. The van der Waals surface area contributed by atoms with Crippen molar-refractivity contribution in [3.8, 4) is 0 Å². The highest BCUT2D eigenvalue weighted by atomic mass is 16.2. The van der Waals surface area contributed by atoms with Crippen LogP contribution in [0.25, 0.3) is 0 Å². The highest BCUT2D eigenvalue weighted by Gasteiger charge is 2.41. The van der Waals surface area contributed by atoms with Crippen LogP contribution in [0.2, 0.25) is 0 Å². The second-order valence-corrected chi connectivity index (χ2v) is 8.83. The quantitative estimate of drug-likeness (QED) is 0.818. The van der Waals surface area contributed by atoms with Crippen molar-refractivity contribution in [2.75, 3.05) is 19.6 Å². The van der Waals surface area contributed by atoms with Crippen molar-refractivity contribution < 1.29 is 4.79 Å². The Bertz CT molecular complexity index is 808. The molecule has 2 atom stereocenters. The molecule has 2 aliphatic heterocycles. The molecule has 0 aromatic heterocycles. The second-order valence-electron chi connectivity index (χ2n) is 8.83. The molecule has 28 heavy (non-hydrogen) atoms. The van der Waals surface area contributed by atoms with Crippen LogP contribution in [0.4, 0.5) is 0 Å². The number of hydrogen-bond acceptors (Lipinski definition) is 2. The molecule has 0 saturated carbocycles. The van der Waals surface area contributed by atoms with E-state index in [1.54, 1.807) is 11.1 Å². The highest BCUT2D eigenvalue weighted by molar-refractivity contribution is 5.78. The number of fused-ring (bicyclic) bond motifs is 2. The summed E-state index contributed by atoms with van der Waals surface area (Å²) in [6.45, 7) is 3.10. The average Bonchev–Trinajstić information content (AvgIpc) is 3.17. The summed E-state index contributed by atoms with van der Waals surface area (Å²) in [5.74, 6) is 0.945. The van der Waals surface area contributed by atoms with Crippen molar-refractivity contribution >= 4 is 5.91 Å². The number of carbonyl (C=O) groups excluding carboxylic acids is 1. The van der Waals surface area contributed by atoms with E-state index in [1.165, 1.54) is 32.2 Å². The molecule has 3 aliphatic rings. The Balaban J connectivity index is 1.23. The molecule has 5 rings (SSSR count). The largest absolute Gasteiger partial charge is 0.342 e. The van der Waals surface area contributed by atoms with Gasteiger partial charge in [0.1, 0.15) is 0 Å². The van der Waals surface area contributed by atoms with Gasteiger partial charge < -0.3 is 4.90 Å². The van der Waals surface area contributed by atoms with Crippen molar-refractivity contribution in [3.63, 3.8) is 0 Å². The zero-order valence-corrected chi connectivity index (χ0v) is 16.6. The summed E-state index contributed by atoms with van der Waals surface area (Å²) in [5.41, 5.74) is 4.22. The topological polar surface area (TPSA) is 23.6 Å². The fourth-order valence-corrected chi connectivity index (χ4v) is 5.77. The third-order valence-electron chi connectivity index (χ3n) is 7.16. The van der Waals surface area contributed by atoms with Crippen molar-refractivity contribution in [2.45, 2.75) is 50.6 Å². The standard InChI is InChI=1S/C25H30N2O/c28-25(15-19-7-2-1-3-8-19)26-14-12-24-22(18-26)11-6-13-27(24)23-16-20-9-4-5-10-21(20)17-23/h1-5,7-10,22-24H,6,11-18H2/t22-,24+/m1/s1. The molecule has 1 aliphatic carbocycles. The van der Waals surface area contributed by atoms with Crippen molar-refractivity contribution in [1.29, 1.82) is 0 Å². The summed E-state index contributed by atoms with van der Waals surface area (Å²) in [7, 11) is 0. The molecule has 0 unspecified atom stereocenters. The van der Waals surface area contributed by atoms with E-state index in [-0.39, 0.29) is 0 Å². The lowest BCUT2D eigenvalue weighted by atomic mass is 9.82. The Morgan fingerprint density at radius 3 is 2.36 bits per heavy atom. The van der Waals surface area contributed by atoms with Gasteiger partial charge in [-0.15, -0.1) is 0 Å². The first-order valence-electron chi connectivity index (χ1n) is 10.9. The predicted molar refractivity (Wildman–Crippen MR) is 112 cm³/mol. The van der Waals surface area contributed by atoms with E-state index < -0.39 is 0 Å². The van der Waals surface area contributed by atoms with Crippen molar-refractivity contribution in [2.24, 2.45) is 5.92 Å². The fourth-order valence-electron chi connectivity index (χ4n) is 5.77. The highest BCUT2D eigenvalue weighted by Crippen LogP contribution is 2.36. The zero-order valence-electron chi connectivity index (χ0n) is 16.6. The van der Waals surface area contributed by atoms with Gasteiger partial charge in [-0.2, -0.15) is 0 Å². The molecule has 0 bridgehead atoms. The Kier molecular flexibility index (Phi) is 4.94. The lowest BCUT2D eigenvalue weighted by molar-refractivity contribution is -0.134. The average molecular weight is 375 g/mol. The van der Waals surface area contributed by atoms with E-state index in [1.807, 2.05) is 18.2 Å². The lowest BCUT2D eigenvalue weighted by Gasteiger charge is -2.49. The third kappa shape index (κ3) is 3.48. The van der Waals surface area contributed by atoms with Crippen molar-refractivity contribution in [1.82, 2.24) is 9.80 Å². The van der Waals surface area contributed by atoms with Crippen LogP contribution in [-0.2, 0) is 24.1 Å². The minimum atomic E-state index is 0.301. The van der Waals surface area contributed by atoms with Crippen LogP contribution in [0.5, 0.6) is 0 Å². The van der Waals surface area contributed by atoms with E-state index in [0.29, 0.717) is 30.3 Å². The van der Waals surface area contributed by atoms with Gasteiger partial charge in [0.25, 0.3) is 0 Å². The number of carbonyl (C=O) groups is 1. The van der Waals surface area contributed by atoms with Gasteiger partial charge in [-0.1, -0.05) is 54.6 Å². The number of rotatable bonds is 3. The summed E-state index contributed by atoms with van der Waals surface area (Å²) in [5, 5.41) is 0. The summed E-state index contributed by atoms with van der Waals surface area (Å²) in [4.78, 5) is 17.8. The summed E-state index contributed by atoms with van der Waals surface area (Å²) >= 11 is 0. The zero-order chi connectivity index (χ0) is 18.9. The van der Waals surface area contributed by atoms with Gasteiger partial charge in [0.15, 0.2) is 0 Å². The maximum Gasteiger partial charge on any atom is 0.227 e. The SMILES string of the molecule is O=C(Cc1ccccc1)N1CC[C@H]2[C@H](CCCN2C2Cc3ccccc3C2)C1. The minimum absolute atomic E-state index is 0.301. The van der Waals surface area contributed by atoms with Crippen LogP contribution in [0.3, 0.4) is 0 Å². The number of hydrogen-bond donors (Lipinski definition) is 0. The first-order chi connectivity index (χ1) is 13.8. The normalized spacial score (nSPS) is 25.4. The number of piperidine rings is 2. The number of likely N-dealkylation sites (tertiary alicyclic amines) is 2. The number of benzene rings is 2. The molecule has 2 saturated heterocycles. The summed E-state index contributed by atoms with van der Waals surface area (Å²) in [6, 6.07) is 20.5. The van der Waals surface area contributed by atoms with Crippen LogP contribution < -0.4 is 0 Å². The smallest absolute Gasteiger partial charge is 0.227 e. The molecular weight excluding hydrogens is 344 g/mol. The molecule has 146 valence electrons. The van der Waals surface area contributed by atoms with E-state index in [9.17, 15) is 4.79 Å². The predicted octanol–water partition coefficient (Wildman–Crippen LogP) is 3.71. The molecule has 0 radical (unpaired) electrons. The maximum absolute atomic E-state index is 12.8. The van der Waals surface area contributed by atoms with E-state index in [4.69, 9.17) is 0 Å². The first-order valence-corrected chi connectivity index (χ1v) is 10.9. The molecule has 2 aromatic carbocycles. The lowest BCUT2D eigenvalue weighted by Crippen LogP contribution is -2.58. The van der Waals surface area contributed by atoms with Gasteiger partial charge in [-0.25, -0.2) is 0 Å². The Hall–Kier alpha value is -2.13. The molecule has 3 nitrogen and oxygen atoms in total. The van der Waals surface area contributed by atoms with Crippen LogP contribution in [0.1, 0.15) is 36.0 Å². The Labute approximate surface area is 168 Å². The molecular formula is C25H30N2O. The first kappa shape index (κ1) is 17.9. The fraction of sp³-hybridized carbons (Fsp3) is 0.480. The number of nitrogens with zero attached hydrogens (tertiary/aromatic N) is 2. The molecule has 3 heteroatoms. The van der Waals surface area contributed by atoms with Crippen molar-refractivity contribution in [3.05, 3.63) is 71.3 Å². The second kappa shape index (κ2) is 7.71. The molecule has 0 N–H and O–H groups in total. The number of amides is 1. The van der Waals surface area contributed by atoms with Gasteiger partial charge >= 0.3 is 0 Å². The van der Waals surface area contributed by atoms with Crippen LogP contribution in [-0.4, -0.2) is 47.4 Å². The van der Waals surface area contributed by atoms with Gasteiger partial charge in [-0.05, 0) is 61.3 Å². The molecule has 2 aromatic rings. The molecule has 1 amide bonds. The third-order valence-corrected chi connectivity index (χ3v) is 7.16.